The molecule has 0 saturated carbocycles. The van der Waals surface area contributed by atoms with Crippen molar-refractivity contribution in [3.8, 4) is 6.07 Å². The van der Waals surface area contributed by atoms with Crippen LogP contribution in [0.4, 0.5) is 0 Å². The lowest BCUT2D eigenvalue weighted by molar-refractivity contribution is -0.136. The molecule has 0 fully saturated rings. The first-order chi connectivity index (χ1) is 10.5. The summed E-state index contributed by atoms with van der Waals surface area (Å²) in [5, 5.41) is 19.4. The highest BCUT2D eigenvalue weighted by atomic mass is 16.5. The number of carbonyl (C=O) groups excluding carboxylic acids is 1. The van der Waals surface area contributed by atoms with Gasteiger partial charge in [-0.2, -0.15) is 5.26 Å². The van der Waals surface area contributed by atoms with Gasteiger partial charge in [-0.1, -0.05) is 13.8 Å². The van der Waals surface area contributed by atoms with E-state index in [-0.39, 0.29) is 24.2 Å². The van der Waals surface area contributed by atoms with Crippen LogP contribution >= 0.6 is 0 Å². The summed E-state index contributed by atoms with van der Waals surface area (Å²) < 4.78 is 4.66. The maximum absolute atomic E-state index is 11.7. The summed E-state index contributed by atoms with van der Waals surface area (Å²) in [7, 11) is 1.25. The van der Waals surface area contributed by atoms with Gasteiger partial charge in [0.05, 0.1) is 24.2 Å². The minimum atomic E-state index is -0.899. The average Bonchev–Trinajstić information content (AvgIpc) is 2.57. The Morgan fingerprint density at radius 1 is 1.41 bits per heavy atom. The van der Waals surface area contributed by atoms with E-state index in [9.17, 15) is 15.2 Å². The van der Waals surface area contributed by atoms with Crippen LogP contribution in [0.25, 0.3) is 0 Å². The van der Waals surface area contributed by atoms with Crippen LogP contribution in [0.5, 0.6) is 0 Å². The van der Waals surface area contributed by atoms with Crippen molar-refractivity contribution in [3.05, 3.63) is 35.1 Å². The van der Waals surface area contributed by atoms with Gasteiger partial charge in [-0.05, 0) is 13.3 Å². The highest BCUT2D eigenvalue weighted by molar-refractivity contribution is 5.89. The minimum Gasteiger partial charge on any atom is -0.512 e. The van der Waals surface area contributed by atoms with Crippen LogP contribution in [0.15, 0.2) is 23.7 Å². The molecule has 1 N–H and O–H groups in total. The third kappa shape index (κ3) is 3.42. The van der Waals surface area contributed by atoms with Gasteiger partial charge in [-0.3, -0.25) is 0 Å². The van der Waals surface area contributed by atoms with Crippen LogP contribution in [-0.2, 0) is 14.9 Å². The molecular weight excluding hydrogens is 282 g/mol. The average molecular weight is 303 g/mol. The van der Waals surface area contributed by atoms with Crippen LogP contribution in [0, 0.1) is 18.3 Å². The molecule has 118 valence electrons. The molecular formula is C16H21N3O3. The van der Waals surface area contributed by atoms with E-state index in [1.807, 2.05) is 13.8 Å². The van der Waals surface area contributed by atoms with Crippen LogP contribution < -0.4 is 0 Å². The highest BCUT2D eigenvalue weighted by Crippen LogP contribution is 2.40. The molecule has 6 heteroatoms. The zero-order valence-corrected chi connectivity index (χ0v) is 13.4. The van der Waals surface area contributed by atoms with Gasteiger partial charge in [0.15, 0.2) is 0 Å². The van der Waals surface area contributed by atoms with E-state index in [0.29, 0.717) is 17.8 Å². The number of aryl methyl sites for hydroxylation is 1. The fourth-order valence-corrected chi connectivity index (χ4v) is 2.33. The Morgan fingerprint density at radius 2 is 2.00 bits per heavy atom. The topological polar surface area (TPSA) is 96.1 Å². The van der Waals surface area contributed by atoms with Crippen molar-refractivity contribution >= 4 is 5.97 Å². The fourth-order valence-electron chi connectivity index (χ4n) is 2.33. The number of allylic oxidation sites excluding steroid dienone is 1. The number of carbonyl (C=O) groups is 1. The lowest BCUT2D eigenvalue weighted by Gasteiger charge is -2.31. The number of nitrogens with zero attached hydrogens (tertiary/aromatic N) is 3. The van der Waals surface area contributed by atoms with Gasteiger partial charge < -0.3 is 9.84 Å². The standard InChI is InChI=1S/C14H15N3O3.C2H6/c1-9-16-6-10(7-17-9)14(8-15)4-3-12(18)11(5-14)13(19)20-2;1-2/h6-7,18H,3-5H2,1-2H3;1-2H3. The fraction of sp³-hybridized carbons (Fsp3) is 0.500. The van der Waals surface area contributed by atoms with Gasteiger partial charge in [0, 0.05) is 30.8 Å². The van der Waals surface area contributed by atoms with Gasteiger partial charge >= 0.3 is 5.97 Å². The summed E-state index contributed by atoms with van der Waals surface area (Å²) in [4.78, 5) is 19.9. The minimum absolute atomic E-state index is 0.00393. The molecule has 6 nitrogen and oxygen atoms in total. The van der Waals surface area contributed by atoms with Crippen molar-refractivity contribution in [1.82, 2.24) is 9.97 Å². The van der Waals surface area contributed by atoms with E-state index in [1.54, 1.807) is 19.3 Å². The molecule has 1 atom stereocenters. The van der Waals surface area contributed by atoms with Crippen molar-refractivity contribution in [3.63, 3.8) is 0 Å². The lowest BCUT2D eigenvalue weighted by atomic mass is 9.70. The SMILES string of the molecule is CC.COC(=O)C1=C(O)CCC(C#N)(c2cnc(C)nc2)C1. The second kappa shape index (κ2) is 7.55. The molecule has 1 heterocycles. The summed E-state index contributed by atoms with van der Waals surface area (Å²) in [5.41, 5.74) is -0.0934. The Kier molecular flexibility index (Phi) is 6.05. The third-order valence-electron chi connectivity index (χ3n) is 3.59. The van der Waals surface area contributed by atoms with Crippen molar-refractivity contribution in [2.75, 3.05) is 7.11 Å². The Hall–Kier alpha value is -2.42. The summed E-state index contributed by atoms with van der Waals surface area (Å²) in [6, 6.07) is 2.25. The number of aliphatic hydroxyl groups excluding tert-OH is 1. The summed E-state index contributed by atoms with van der Waals surface area (Å²) in [6.45, 7) is 5.76. The summed E-state index contributed by atoms with van der Waals surface area (Å²) in [5.74, 6) is 0.00911. The molecule has 22 heavy (non-hydrogen) atoms. The largest absolute Gasteiger partial charge is 0.512 e. The van der Waals surface area contributed by atoms with Gasteiger partial charge in [-0.25, -0.2) is 14.8 Å². The second-order valence-corrected chi connectivity index (χ2v) is 4.81. The Balaban J connectivity index is 0.00000116. The zero-order valence-electron chi connectivity index (χ0n) is 13.4. The monoisotopic (exact) mass is 303 g/mol. The maximum Gasteiger partial charge on any atom is 0.337 e. The van der Waals surface area contributed by atoms with Crippen molar-refractivity contribution < 1.29 is 14.6 Å². The number of aromatic nitrogens is 2. The first kappa shape index (κ1) is 17.6. The summed E-state index contributed by atoms with van der Waals surface area (Å²) >= 11 is 0. The first-order valence-electron chi connectivity index (χ1n) is 7.22. The molecule has 1 unspecified atom stereocenters. The molecule has 1 aliphatic rings. The predicted molar refractivity (Wildman–Crippen MR) is 80.9 cm³/mol. The zero-order chi connectivity index (χ0) is 16.8. The van der Waals surface area contributed by atoms with Crippen molar-refractivity contribution in [2.45, 2.75) is 45.4 Å². The normalized spacial score (nSPS) is 20.5. The second-order valence-electron chi connectivity index (χ2n) is 4.81. The van der Waals surface area contributed by atoms with E-state index in [0.717, 1.165) is 0 Å². The predicted octanol–water partition coefficient (Wildman–Crippen LogP) is 2.74. The Morgan fingerprint density at radius 3 is 2.50 bits per heavy atom. The van der Waals surface area contributed by atoms with E-state index < -0.39 is 11.4 Å². The molecule has 1 aliphatic carbocycles. The third-order valence-corrected chi connectivity index (χ3v) is 3.59. The van der Waals surface area contributed by atoms with E-state index >= 15 is 0 Å². The molecule has 0 saturated heterocycles. The van der Waals surface area contributed by atoms with Crippen LogP contribution in [-0.4, -0.2) is 28.2 Å². The Bertz CT molecular complexity index is 602. The smallest absolute Gasteiger partial charge is 0.337 e. The molecule has 1 aromatic rings. The number of hydrogen-bond acceptors (Lipinski definition) is 6. The Labute approximate surface area is 130 Å². The quantitative estimate of drug-likeness (QED) is 0.844. The molecule has 0 aromatic carbocycles. The number of methoxy groups -OCH3 is 1. The van der Waals surface area contributed by atoms with Crippen molar-refractivity contribution in [1.29, 1.82) is 5.26 Å². The number of nitriles is 1. The van der Waals surface area contributed by atoms with Crippen molar-refractivity contribution in [2.24, 2.45) is 0 Å². The highest BCUT2D eigenvalue weighted by Gasteiger charge is 2.40. The van der Waals surface area contributed by atoms with Gasteiger partial charge in [0.1, 0.15) is 11.6 Å². The summed E-state index contributed by atoms with van der Waals surface area (Å²) in [6.07, 6.45) is 3.98. The first-order valence-corrected chi connectivity index (χ1v) is 7.22. The van der Waals surface area contributed by atoms with Crippen LogP contribution in [0.3, 0.4) is 0 Å². The lowest BCUT2D eigenvalue weighted by Crippen LogP contribution is -2.31. The van der Waals surface area contributed by atoms with Crippen LogP contribution in [0.1, 0.15) is 44.5 Å². The van der Waals surface area contributed by atoms with Crippen LogP contribution in [0.2, 0.25) is 0 Å². The number of esters is 1. The molecule has 0 aliphatic heterocycles. The molecule has 0 radical (unpaired) electrons. The van der Waals surface area contributed by atoms with E-state index in [4.69, 9.17) is 0 Å². The van der Waals surface area contributed by atoms with E-state index in [1.165, 1.54) is 7.11 Å². The van der Waals surface area contributed by atoms with Gasteiger partial charge in [-0.15, -0.1) is 0 Å². The van der Waals surface area contributed by atoms with Gasteiger partial charge in [0.25, 0.3) is 0 Å². The number of rotatable bonds is 2. The molecule has 2 rings (SSSR count). The number of aliphatic hydroxyl groups is 1. The number of ether oxygens (including phenoxy) is 1. The van der Waals surface area contributed by atoms with E-state index in [2.05, 4.69) is 20.8 Å². The molecule has 0 amide bonds. The maximum atomic E-state index is 11.7. The number of hydrogen-bond donors (Lipinski definition) is 1. The molecule has 0 spiro atoms. The van der Waals surface area contributed by atoms with Gasteiger partial charge in [0.2, 0.25) is 0 Å². The molecule has 0 bridgehead atoms. The molecule has 1 aromatic heterocycles.